The van der Waals surface area contributed by atoms with E-state index in [0.717, 1.165) is 0 Å². The van der Waals surface area contributed by atoms with Crippen molar-refractivity contribution in [3.05, 3.63) is 28.7 Å². The topological polar surface area (TPSA) is 93.3 Å². The summed E-state index contributed by atoms with van der Waals surface area (Å²) < 4.78 is 33.9. The third-order valence-corrected chi connectivity index (χ3v) is 3.55. The lowest BCUT2D eigenvalue weighted by atomic mass is 10.3. The molecule has 98 valence electrons. The molecule has 0 aliphatic carbocycles. The van der Waals surface area contributed by atoms with Crippen LogP contribution in [0.4, 0.5) is 5.69 Å². The Morgan fingerprint density at radius 3 is 2.78 bits per heavy atom. The zero-order valence-electron chi connectivity index (χ0n) is 9.93. The number of anilines is 1. The summed E-state index contributed by atoms with van der Waals surface area (Å²) in [5, 5.41) is 0. The van der Waals surface area contributed by atoms with Crippen molar-refractivity contribution in [2.45, 2.75) is 6.92 Å². The van der Waals surface area contributed by atoms with Crippen LogP contribution in [0.15, 0.2) is 27.4 Å². The van der Waals surface area contributed by atoms with Crippen LogP contribution >= 0.6 is 0 Å². The average molecular weight is 271 g/mol. The first-order valence-electron chi connectivity index (χ1n) is 5.30. The van der Waals surface area contributed by atoms with Gasteiger partial charge in [0.05, 0.1) is 11.2 Å². The summed E-state index contributed by atoms with van der Waals surface area (Å²) in [6.45, 7) is 1.97. The van der Waals surface area contributed by atoms with Crippen LogP contribution in [0.25, 0.3) is 11.1 Å². The van der Waals surface area contributed by atoms with Gasteiger partial charge in [-0.3, -0.25) is 9.29 Å². The SMILES string of the molecule is CCNS(=O)(=O)Nc1ccc2c(c1)oc(=O)n2C. The third kappa shape index (κ3) is 2.39. The largest absolute Gasteiger partial charge is 0.419 e. The quantitative estimate of drug-likeness (QED) is 0.841. The number of nitrogens with one attached hydrogen (secondary N) is 2. The van der Waals surface area contributed by atoms with Gasteiger partial charge in [-0.15, -0.1) is 0 Å². The van der Waals surface area contributed by atoms with Crippen LogP contribution in [0.5, 0.6) is 0 Å². The van der Waals surface area contributed by atoms with E-state index < -0.39 is 16.0 Å². The molecule has 0 saturated heterocycles. The second kappa shape index (κ2) is 4.46. The normalized spacial score (nSPS) is 11.9. The summed E-state index contributed by atoms with van der Waals surface area (Å²) in [5.41, 5.74) is 1.27. The molecule has 0 aliphatic rings. The highest BCUT2D eigenvalue weighted by molar-refractivity contribution is 7.90. The van der Waals surface area contributed by atoms with E-state index in [1.807, 2.05) is 0 Å². The Morgan fingerprint density at radius 2 is 2.11 bits per heavy atom. The molecule has 0 radical (unpaired) electrons. The van der Waals surface area contributed by atoms with Gasteiger partial charge in [0.25, 0.3) is 10.2 Å². The first-order valence-corrected chi connectivity index (χ1v) is 6.78. The first kappa shape index (κ1) is 12.7. The van der Waals surface area contributed by atoms with Crippen LogP contribution in [0.3, 0.4) is 0 Å². The highest BCUT2D eigenvalue weighted by Crippen LogP contribution is 2.18. The van der Waals surface area contributed by atoms with Gasteiger partial charge in [-0.25, -0.2) is 4.79 Å². The summed E-state index contributed by atoms with van der Waals surface area (Å²) in [7, 11) is -2.00. The highest BCUT2D eigenvalue weighted by Gasteiger charge is 2.10. The van der Waals surface area contributed by atoms with Crippen molar-refractivity contribution < 1.29 is 12.8 Å². The predicted octanol–water partition coefficient (Wildman–Crippen LogP) is 0.398. The molecule has 18 heavy (non-hydrogen) atoms. The standard InChI is InChI=1S/C10H13N3O4S/c1-3-11-18(15,16)12-7-4-5-8-9(6-7)17-10(14)13(8)2/h4-6,11-12H,3H2,1-2H3. The lowest BCUT2D eigenvalue weighted by Gasteiger charge is -2.07. The Balaban J connectivity index is 2.40. The van der Waals surface area contributed by atoms with Crippen molar-refractivity contribution in [1.82, 2.24) is 9.29 Å². The van der Waals surface area contributed by atoms with Gasteiger partial charge in [0.1, 0.15) is 0 Å². The fourth-order valence-corrected chi connectivity index (χ4v) is 2.47. The van der Waals surface area contributed by atoms with Gasteiger partial charge in [0, 0.05) is 19.7 Å². The summed E-state index contributed by atoms with van der Waals surface area (Å²) >= 11 is 0. The van der Waals surface area contributed by atoms with Crippen molar-refractivity contribution in [2.24, 2.45) is 7.05 Å². The Hall–Kier alpha value is -1.80. The predicted molar refractivity (Wildman–Crippen MR) is 67.7 cm³/mol. The second-order valence-electron chi connectivity index (χ2n) is 3.71. The van der Waals surface area contributed by atoms with Gasteiger partial charge < -0.3 is 4.42 Å². The van der Waals surface area contributed by atoms with Gasteiger partial charge in [0.2, 0.25) is 0 Å². The number of hydrogen-bond acceptors (Lipinski definition) is 4. The molecule has 2 N–H and O–H groups in total. The van der Waals surface area contributed by atoms with E-state index in [2.05, 4.69) is 9.44 Å². The van der Waals surface area contributed by atoms with Crippen LogP contribution in [0, 0.1) is 0 Å². The zero-order valence-corrected chi connectivity index (χ0v) is 10.7. The van der Waals surface area contributed by atoms with E-state index in [1.165, 1.54) is 10.6 Å². The Bertz CT molecular complexity index is 729. The maximum Gasteiger partial charge on any atom is 0.419 e. The number of benzene rings is 1. The zero-order chi connectivity index (χ0) is 13.3. The van der Waals surface area contributed by atoms with E-state index in [0.29, 0.717) is 16.8 Å². The highest BCUT2D eigenvalue weighted by atomic mass is 32.2. The van der Waals surface area contributed by atoms with Crippen molar-refractivity contribution in [3.63, 3.8) is 0 Å². The molecule has 0 atom stereocenters. The van der Waals surface area contributed by atoms with Gasteiger partial charge in [-0.1, -0.05) is 6.92 Å². The Kier molecular flexibility index (Phi) is 3.14. The molecule has 2 aromatic rings. The van der Waals surface area contributed by atoms with Crippen LogP contribution < -0.4 is 15.2 Å². The molecule has 1 heterocycles. The van der Waals surface area contributed by atoms with Crippen molar-refractivity contribution >= 4 is 27.0 Å². The van der Waals surface area contributed by atoms with Crippen molar-refractivity contribution in [2.75, 3.05) is 11.3 Å². The van der Waals surface area contributed by atoms with Crippen LogP contribution in [-0.2, 0) is 17.3 Å². The molecule has 8 heteroatoms. The fraction of sp³-hybridized carbons (Fsp3) is 0.300. The third-order valence-electron chi connectivity index (χ3n) is 2.38. The Labute approximate surface area is 104 Å². The lowest BCUT2D eigenvalue weighted by molar-refractivity contribution is 0.528. The molecule has 0 aliphatic heterocycles. The molecular weight excluding hydrogens is 258 g/mol. The number of aromatic nitrogens is 1. The number of aryl methyl sites for hydroxylation is 1. The van der Waals surface area contributed by atoms with E-state index >= 15 is 0 Å². The van der Waals surface area contributed by atoms with Gasteiger partial charge >= 0.3 is 5.76 Å². The molecule has 0 saturated carbocycles. The van der Waals surface area contributed by atoms with Crippen LogP contribution in [0.1, 0.15) is 6.92 Å². The van der Waals surface area contributed by atoms with E-state index in [-0.39, 0.29) is 6.54 Å². The molecule has 2 rings (SSSR count). The first-order chi connectivity index (χ1) is 8.43. The fourth-order valence-electron chi connectivity index (χ4n) is 1.58. The molecular formula is C10H13N3O4S. The van der Waals surface area contributed by atoms with E-state index in [4.69, 9.17) is 4.42 Å². The van der Waals surface area contributed by atoms with Crippen LogP contribution in [0.2, 0.25) is 0 Å². The minimum atomic E-state index is -3.58. The van der Waals surface area contributed by atoms with Crippen LogP contribution in [-0.4, -0.2) is 19.5 Å². The molecule has 0 unspecified atom stereocenters. The van der Waals surface area contributed by atoms with E-state index in [9.17, 15) is 13.2 Å². The molecule has 0 bridgehead atoms. The molecule has 0 amide bonds. The van der Waals surface area contributed by atoms with Gasteiger partial charge in [0.15, 0.2) is 5.58 Å². The number of oxazole rings is 1. The molecule has 7 nitrogen and oxygen atoms in total. The summed E-state index contributed by atoms with van der Waals surface area (Å²) in [6.07, 6.45) is 0. The van der Waals surface area contributed by atoms with E-state index in [1.54, 1.807) is 26.1 Å². The summed E-state index contributed by atoms with van der Waals surface area (Å²) in [4.78, 5) is 11.3. The van der Waals surface area contributed by atoms with Crippen molar-refractivity contribution in [1.29, 1.82) is 0 Å². The van der Waals surface area contributed by atoms with Gasteiger partial charge in [-0.2, -0.15) is 13.1 Å². The maximum absolute atomic E-state index is 11.5. The van der Waals surface area contributed by atoms with Gasteiger partial charge in [-0.05, 0) is 12.1 Å². The van der Waals surface area contributed by atoms with Crippen molar-refractivity contribution in [3.8, 4) is 0 Å². The molecule has 0 fully saturated rings. The number of hydrogen-bond donors (Lipinski definition) is 2. The molecule has 1 aromatic carbocycles. The number of rotatable bonds is 4. The minimum Gasteiger partial charge on any atom is -0.408 e. The lowest BCUT2D eigenvalue weighted by Crippen LogP contribution is -2.29. The monoisotopic (exact) mass is 271 g/mol. The summed E-state index contributed by atoms with van der Waals surface area (Å²) in [5.74, 6) is -0.489. The second-order valence-corrected chi connectivity index (χ2v) is 5.21. The average Bonchev–Trinajstić information content (AvgIpc) is 2.53. The minimum absolute atomic E-state index is 0.290. The Morgan fingerprint density at radius 1 is 1.39 bits per heavy atom. The maximum atomic E-state index is 11.5. The number of nitrogens with zero attached hydrogens (tertiary/aromatic N) is 1. The summed E-state index contributed by atoms with van der Waals surface area (Å²) in [6, 6.07) is 4.64. The number of fused-ring (bicyclic) bond motifs is 1. The smallest absolute Gasteiger partial charge is 0.408 e. The molecule has 1 aromatic heterocycles. The molecule has 0 spiro atoms.